The van der Waals surface area contributed by atoms with E-state index in [0.29, 0.717) is 16.1 Å². The van der Waals surface area contributed by atoms with E-state index in [2.05, 4.69) is 0 Å². The van der Waals surface area contributed by atoms with E-state index in [1.807, 2.05) is 13.0 Å². The number of nitrogens with two attached hydrogens (primary N) is 1. The monoisotopic (exact) mass is 299 g/mol. The van der Waals surface area contributed by atoms with Crippen molar-refractivity contribution in [2.75, 3.05) is 0 Å². The summed E-state index contributed by atoms with van der Waals surface area (Å²) in [7, 11) is 0. The van der Waals surface area contributed by atoms with Crippen LogP contribution in [0.15, 0.2) is 42.5 Å². The third kappa shape index (κ3) is 2.97. The summed E-state index contributed by atoms with van der Waals surface area (Å²) in [6, 6.07) is 9.64. The van der Waals surface area contributed by atoms with Crippen LogP contribution in [0.1, 0.15) is 28.3 Å². The molecule has 0 fully saturated rings. The van der Waals surface area contributed by atoms with E-state index >= 15 is 0 Å². The molecule has 5 heteroatoms. The van der Waals surface area contributed by atoms with Crippen LogP contribution in [-0.4, -0.2) is 0 Å². The summed E-state index contributed by atoms with van der Waals surface area (Å²) in [4.78, 5) is 0. The molecule has 0 aliphatic heterocycles. The number of rotatable bonds is 2. The maximum Gasteiger partial charge on any atom is 0.416 e. The molecule has 106 valence electrons. The Morgan fingerprint density at radius 3 is 2.40 bits per heavy atom. The Kier molecular flexibility index (Phi) is 4.06. The Morgan fingerprint density at radius 2 is 1.75 bits per heavy atom. The van der Waals surface area contributed by atoms with Gasteiger partial charge in [0.15, 0.2) is 0 Å². The first-order chi connectivity index (χ1) is 9.30. The highest BCUT2D eigenvalue weighted by atomic mass is 35.5. The van der Waals surface area contributed by atoms with Gasteiger partial charge in [-0.25, -0.2) is 0 Å². The van der Waals surface area contributed by atoms with Crippen molar-refractivity contribution in [1.29, 1.82) is 0 Å². The average molecular weight is 300 g/mol. The van der Waals surface area contributed by atoms with Gasteiger partial charge < -0.3 is 5.73 Å². The summed E-state index contributed by atoms with van der Waals surface area (Å²) in [6.07, 6.45) is -4.38. The van der Waals surface area contributed by atoms with Crippen LogP contribution >= 0.6 is 11.6 Å². The molecule has 0 aliphatic carbocycles. The van der Waals surface area contributed by atoms with E-state index in [9.17, 15) is 13.2 Å². The number of hydrogen-bond donors (Lipinski definition) is 1. The molecule has 2 rings (SSSR count). The predicted molar refractivity (Wildman–Crippen MR) is 73.7 cm³/mol. The molecule has 0 heterocycles. The lowest BCUT2D eigenvalue weighted by Crippen LogP contribution is -2.14. The van der Waals surface area contributed by atoms with Gasteiger partial charge in [-0.05, 0) is 35.7 Å². The lowest BCUT2D eigenvalue weighted by atomic mass is 9.96. The summed E-state index contributed by atoms with van der Waals surface area (Å²) >= 11 is 6.17. The highest BCUT2D eigenvalue weighted by Gasteiger charge is 2.31. The average Bonchev–Trinajstić information content (AvgIpc) is 2.40. The molecule has 0 amide bonds. The van der Waals surface area contributed by atoms with Crippen LogP contribution in [0.2, 0.25) is 5.02 Å². The molecule has 20 heavy (non-hydrogen) atoms. The van der Waals surface area contributed by atoms with Crippen LogP contribution in [0.4, 0.5) is 13.2 Å². The minimum Gasteiger partial charge on any atom is -0.320 e. The summed E-state index contributed by atoms with van der Waals surface area (Å²) in [5.41, 5.74) is 7.17. The van der Waals surface area contributed by atoms with Gasteiger partial charge in [0, 0.05) is 5.02 Å². The summed E-state index contributed by atoms with van der Waals surface area (Å²) < 4.78 is 38.1. The molecule has 0 aliphatic rings. The van der Waals surface area contributed by atoms with Crippen molar-refractivity contribution in [1.82, 2.24) is 0 Å². The first kappa shape index (κ1) is 14.9. The lowest BCUT2D eigenvalue weighted by molar-refractivity contribution is -0.137. The van der Waals surface area contributed by atoms with Crippen molar-refractivity contribution in [3.8, 4) is 0 Å². The van der Waals surface area contributed by atoms with Crippen LogP contribution < -0.4 is 5.73 Å². The number of hydrogen-bond acceptors (Lipinski definition) is 1. The van der Waals surface area contributed by atoms with Crippen LogP contribution in [0.3, 0.4) is 0 Å². The molecule has 1 unspecified atom stereocenters. The van der Waals surface area contributed by atoms with Crippen LogP contribution in [-0.2, 0) is 6.18 Å². The zero-order valence-corrected chi connectivity index (χ0v) is 11.5. The van der Waals surface area contributed by atoms with E-state index < -0.39 is 17.8 Å². The van der Waals surface area contributed by atoms with E-state index in [1.165, 1.54) is 6.07 Å². The first-order valence-corrected chi connectivity index (χ1v) is 6.36. The van der Waals surface area contributed by atoms with Crippen LogP contribution in [0.25, 0.3) is 0 Å². The molecule has 0 saturated carbocycles. The van der Waals surface area contributed by atoms with Crippen molar-refractivity contribution in [2.45, 2.75) is 19.1 Å². The second-order valence-electron chi connectivity index (χ2n) is 4.58. The Bertz CT molecular complexity index is 623. The van der Waals surface area contributed by atoms with E-state index in [-0.39, 0.29) is 0 Å². The molecule has 0 saturated heterocycles. The van der Waals surface area contributed by atoms with Gasteiger partial charge in [0.25, 0.3) is 0 Å². The van der Waals surface area contributed by atoms with Crippen LogP contribution in [0, 0.1) is 6.92 Å². The second kappa shape index (κ2) is 5.46. The Morgan fingerprint density at radius 1 is 1.10 bits per heavy atom. The Balaban J connectivity index is 2.44. The van der Waals surface area contributed by atoms with Gasteiger partial charge in [0.1, 0.15) is 0 Å². The van der Waals surface area contributed by atoms with Crippen molar-refractivity contribution < 1.29 is 13.2 Å². The molecule has 0 aromatic heterocycles. The molecule has 1 atom stereocenters. The quantitative estimate of drug-likeness (QED) is 0.853. The highest BCUT2D eigenvalue weighted by molar-refractivity contribution is 6.32. The first-order valence-electron chi connectivity index (χ1n) is 5.98. The maximum absolute atomic E-state index is 12.7. The minimum absolute atomic E-state index is 0.382. The molecule has 2 aromatic carbocycles. The zero-order valence-electron chi connectivity index (χ0n) is 10.7. The van der Waals surface area contributed by atoms with E-state index in [0.717, 1.165) is 17.7 Å². The predicted octanol–water partition coefficient (Wildman–Crippen LogP) is 4.72. The highest BCUT2D eigenvalue weighted by Crippen LogP contribution is 2.33. The second-order valence-corrected chi connectivity index (χ2v) is 4.96. The SMILES string of the molecule is Cc1cccc(C(N)c2cccc(C(F)(F)F)c2)c1Cl. The van der Waals surface area contributed by atoms with Gasteiger partial charge in [-0.2, -0.15) is 13.2 Å². The van der Waals surface area contributed by atoms with Crippen LogP contribution in [0.5, 0.6) is 0 Å². The van der Waals surface area contributed by atoms with Crippen molar-refractivity contribution in [3.05, 3.63) is 69.7 Å². The fourth-order valence-electron chi connectivity index (χ4n) is 2.00. The van der Waals surface area contributed by atoms with Gasteiger partial charge in [-0.1, -0.05) is 41.9 Å². The summed E-state index contributed by atoms with van der Waals surface area (Å²) in [5, 5.41) is 0.484. The molecule has 0 spiro atoms. The van der Waals surface area contributed by atoms with Gasteiger partial charge in [-0.3, -0.25) is 0 Å². The lowest BCUT2D eigenvalue weighted by Gasteiger charge is -2.17. The third-order valence-electron chi connectivity index (χ3n) is 3.13. The topological polar surface area (TPSA) is 26.0 Å². The molecular weight excluding hydrogens is 287 g/mol. The molecule has 0 radical (unpaired) electrons. The maximum atomic E-state index is 12.7. The Labute approximate surface area is 120 Å². The fraction of sp³-hybridized carbons (Fsp3) is 0.200. The minimum atomic E-state index is -4.38. The van der Waals surface area contributed by atoms with Crippen molar-refractivity contribution in [2.24, 2.45) is 5.73 Å². The fourth-order valence-corrected chi connectivity index (χ4v) is 2.24. The standard InChI is InChI=1S/C15H13ClF3N/c1-9-4-2-7-12(13(9)16)14(20)10-5-3-6-11(8-10)15(17,18)19/h2-8,14H,20H2,1H3. The zero-order chi connectivity index (χ0) is 14.9. The summed E-state index contributed by atoms with van der Waals surface area (Å²) in [6.45, 7) is 1.82. The molecule has 1 nitrogen and oxygen atoms in total. The third-order valence-corrected chi connectivity index (χ3v) is 3.65. The molecule has 2 N–H and O–H groups in total. The summed E-state index contributed by atoms with van der Waals surface area (Å²) in [5.74, 6) is 0. The Hall–Kier alpha value is -1.52. The number of alkyl halides is 3. The molecular formula is C15H13ClF3N. The number of halogens is 4. The van der Waals surface area contributed by atoms with Crippen molar-refractivity contribution in [3.63, 3.8) is 0 Å². The normalized spacial score (nSPS) is 13.3. The van der Waals surface area contributed by atoms with Gasteiger partial charge in [-0.15, -0.1) is 0 Å². The van der Waals surface area contributed by atoms with E-state index in [1.54, 1.807) is 18.2 Å². The molecule has 2 aromatic rings. The largest absolute Gasteiger partial charge is 0.416 e. The van der Waals surface area contributed by atoms with Gasteiger partial charge in [0.2, 0.25) is 0 Å². The van der Waals surface area contributed by atoms with Gasteiger partial charge >= 0.3 is 6.18 Å². The molecule has 0 bridgehead atoms. The van der Waals surface area contributed by atoms with E-state index in [4.69, 9.17) is 17.3 Å². The number of benzene rings is 2. The smallest absolute Gasteiger partial charge is 0.320 e. The van der Waals surface area contributed by atoms with Crippen molar-refractivity contribution >= 4 is 11.6 Å². The van der Waals surface area contributed by atoms with Gasteiger partial charge in [0.05, 0.1) is 11.6 Å². The number of aryl methyl sites for hydroxylation is 1.